The van der Waals surface area contributed by atoms with Crippen LogP contribution in [-0.4, -0.2) is 29.1 Å². The van der Waals surface area contributed by atoms with Gasteiger partial charge in [-0.2, -0.15) is 0 Å². The summed E-state index contributed by atoms with van der Waals surface area (Å²) in [5, 5.41) is 3.33. The van der Waals surface area contributed by atoms with Crippen LogP contribution < -0.4 is 10.2 Å². The fourth-order valence-corrected chi connectivity index (χ4v) is 2.34. The van der Waals surface area contributed by atoms with Crippen molar-refractivity contribution in [2.75, 3.05) is 23.3 Å². The Bertz CT molecular complexity index is 438. The Morgan fingerprint density at radius 3 is 2.45 bits per heavy atom. The average Bonchev–Trinajstić information content (AvgIpc) is 3.20. The van der Waals surface area contributed by atoms with Crippen LogP contribution in [0.4, 0.5) is 11.6 Å². The highest BCUT2D eigenvalue weighted by atomic mass is 15.2. The number of hydrogen-bond donors (Lipinski definition) is 1. The molecule has 1 aliphatic rings. The third-order valence-corrected chi connectivity index (χ3v) is 3.45. The Kier molecular flexibility index (Phi) is 4.84. The highest BCUT2D eigenvalue weighted by Crippen LogP contribution is 2.32. The van der Waals surface area contributed by atoms with Gasteiger partial charge in [-0.05, 0) is 25.7 Å². The van der Waals surface area contributed by atoms with Gasteiger partial charge in [-0.25, -0.2) is 9.97 Å². The molecule has 1 saturated carbocycles. The Balaban J connectivity index is 2.31. The quantitative estimate of drug-likeness (QED) is 0.825. The second kappa shape index (κ2) is 6.42. The lowest BCUT2D eigenvalue weighted by Crippen LogP contribution is -2.31. The van der Waals surface area contributed by atoms with Crippen molar-refractivity contribution in [3.05, 3.63) is 11.9 Å². The summed E-state index contributed by atoms with van der Waals surface area (Å²) in [6.45, 7) is 12.9. The first-order valence-corrected chi connectivity index (χ1v) is 7.90. The SMILES string of the molecule is CCNc1cc(N(CC(C)C)C2CC2)nc(C(C)C)n1. The predicted octanol–water partition coefficient (Wildman–Crippen LogP) is 3.66. The van der Waals surface area contributed by atoms with Crippen LogP contribution in [0.5, 0.6) is 0 Å². The molecule has 0 amide bonds. The van der Waals surface area contributed by atoms with E-state index in [2.05, 4.69) is 55.9 Å². The van der Waals surface area contributed by atoms with E-state index in [0.717, 1.165) is 30.5 Å². The molecule has 0 spiro atoms. The number of nitrogens with one attached hydrogen (secondary N) is 1. The Morgan fingerprint density at radius 1 is 1.25 bits per heavy atom. The van der Waals surface area contributed by atoms with Gasteiger partial charge >= 0.3 is 0 Å². The van der Waals surface area contributed by atoms with Gasteiger partial charge in [0.15, 0.2) is 0 Å². The smallest absolute Gasteiger partial charge is 0.135 e. The average molecular weight is 276 g/mol. The molecular formula is C16H28N4. The van der Waals surface area contributed by atoms with Gasteiger partial charge in [0.25, 0.3) is 0 Å². The van der Waals surface area contributed by atoms with E-state index < -0.39 is 0 Å². The maximum atomic E-state index is 4.80. The molecule has 0 aromatic carbocycles. The van der Waals surface area contributed by atoms with Crippen LogP contribution >= 0.6 is 0 Å². The van der Waals surface area contributed by atoms with Crippen LogP contribution in [0, 0.1) is 5.92 Å². The van der Waals surface area contributed by atoms with Crippen molar-refractivity contribution in [1.29, 1.82) is 0 Å². The van der Waals surface area contributed by atoms with Crippen LogP contribution in [-0.2, 0) is 0 Å². The largest absolute Gasteiger partial charge is 0.370 e. The van der Waals surface area contributed by atoms with Gasteiger partial charge < -0.3 is 10.2 Å². The lowest BCUT2D eigenvalue weighted by Gasteiger charge is -2.26. The van der Waals surface area contributed by atoms with E-state index in [1.165, 1.54) is 12.8 Å². The molecular weight excluding hydrogens is 248 g/mol. The van der Waals surface area contributed by atoms with Crippen LogP contribution in [0.25, 0.3) is 0 Å². The fourth-order valence-electron chi connectivity index (χ4n) is 2.34. The molecule has 4 nitrogen and oxygen atoms in total. The molecule has 2 rings (SSSR count). The van der Waals surface area contributed by atoms with Gasteiger partial charge in [-0.15, -0.1) is 0 Å². The summed E-state index contributed by atoms with van der Waals surface area (Å²) in [5.74, 6) is 3.99. The molecule has 0 radical (unpaired) electrons. The summed E-state index contributed by atoms with van der Waals surface area (Å²) in [4.78, 5) is 11.9. The fraction of sp³-hybridized carbons (Fsp3) is 0.750. The summed E-state index contributed by atoms with van der Waals surface area (Å²) in [6, 6.07) is 2.79. The van der Waals surface area contributed by atoms with Gasteiger partial charge in [0.05, 0.1) is 0 Å². The molecule has 0 aliphatic heterocycles. The summed E-state index contributed by atoms with van der Waals surface area (Å²) < 4.78 is 0. The second-order valence-corrected chi connectivity index (χ2v) is 6.43. The lowest BCUT2D eigenvalue weighted by molar-refractivity contribution is 0.600. The molecule has 4 heteroatoms. The predicted molar refractivity (Wildman–Crippen MR) is 85.5 cm³/mol. The van der Waals surface area contributed by atoms with E-state index in [0.29, 0.717) is 17.9 Å². The minimum atomic E-state index is 0.354. The van der Waals surface area contributed by atoms with Gasteiger partial charge in [0.2, 0.25) is 0 Å². The molecule has 0 atom stereocenters. The van der Waals surface area contributed by atoms with Crippen molar-refractivity contribution in [2.24, 2.45) is 5.92 Å². The topological polar surface area (TPSA) is 41.0 Å². The molecule has 1 aromatic heterocycles. The lowest BCUT2D eigenvalue weighted by atomic mass is 10.2. The Morgan fingerprint density at radius 2 is 1.95 bits per heavy atom. The molecule has 1 heterocycles. The third kappa shape index (κ3) is 3.84. The van der Waals surface area contributed by atoms with E-state index in [4.69, 9.17) is 4.98 Å². The molecule has 1 N–H and O–H groups in total. The molecule has 0 unspecified atom stereocenters. The van der Waals surface area contributed by atoms with Crippen LogP contribution in [0.1, 0.15) is 59.2 Å². The molecule has 1 fully saturated rings. The molecule has 112 valence electrons. The molecule has 1 aromatic rings. The zero-order valence-electron chi connectivity index (χ0n) is 13.5. The number of rotatable bonds is 7. The molecule has 0 bridgehead atoms. The van der Waals surface area contributed by atoms with Crippen LogP contribution in [0.3, 0.4) is 0 Å². The second-order valence-electron chi connectivity index (χ2n) is 6.43. The number of hydrogen-bond acceptors (Lipinski definition) is 4. The van der Waals surface area contributed by atoms with Crippen LogP contribution in [0.2, 0.25) is 0 Å². The number of aromatic nitrogens is 2. The van der Waals surface area contributed by atoms with Crippen LogP contribution in [0.15, 0.2) is 6.07 Å². The van der Waals surface area contributed by atoms with Gasteiger partial charge in [-0.1, -0.05) is 27.7 Å². The molecule has 1 aliphatic carbocycles. The first-order chi connectivity index (χ1) is 9.51. The molecule has 20 heavy (non-hydrogen) atoms. The van der Waals surface area contributed by atoms with Crippen molar-refractivity contribution < 1.29 is 0 Å². The minimum absolute atomic E-state index is 0.354. The van der Waals surface area contributed by atoms with Gasteiger partial charge in [0.1, 0.15) is 17.5 Å². The van der Waals surface area contributed by atoms with E-state index in [-0.39, 0.29) is 0 Å². The maximum absolute atomic E-state index is 4.80. The summed E-state index contributed by atoms with van der Waals surface area (Å²) in [7, 11) is 0. The zero-order chi connectivity index (χ0) is 14.7. The van der Waals surface area contributed by atoms with E-state index in [1.807, 2.05) is 0 Å². The normalized spacial score (nSPS) is 14.9. The van der Waals surface area contributed by atoms with Crippen molar-refractivity contribution in [1.82, 2.24) is 9.97 Å². The first kappa shape index (κ1) is 15.1. The van der Waals surface area contributed by atoms with Gasteiger partial charge in [0, 0.05) is 31.1 Å². The van der Waals surface area contributed by atoms with Crippen molar-refractivity contribution in [3.63, 3.8) is 0 Å². The monoisotopic (exact) mass is 276 g/mol. The number of nitrogens with zero attached hydrogens (tertiary/aromatic N) is 3. The van der Waals surface area contributed by atoms with Crippen molar-refractivity contribution >= 4 is 11.6 Å². The minimum Gasteiger partial charge on any atom is -0.370 e. The summed E-state index contributed by atoms with van der Waals surface area (Å²) in [6.07, 6.45) is 2.59. The Labute approximate surface area is 123 Å². The first-order valence-electron chi connectivity index (χ1n) is 7.90. The van der Waals surface area contributed by atoms with Crippen molar-refractivity contribution in [2.45, 2.75) is 59.4 Å². The van der Waals surface area contributed by atoms with Crippen molar-refractivity contribution in [3.8, 4) is 0 Å². The zero-order valence-corrected chi connectivity index (χ0v) is 13.5. The standard InChI is InChI=1S/C16H28N4/c1-6-17-14-9-15(19-16(18-14)12(4)5)20(10-11(2)3)13-7-8-13/h9,11-13H,6-8,10H2,1-5H3,(H,17,18,19). The van der Waals surface area contributed by atoms with E-state index in [9.17, 15) is 0 Å². The third-order valence-electron chi connectivity index (χ3n) is 3.45. The summed E-state index contributed by atoms with van der Waals surface area (Å²) in [5.41, 5.74) is 0. The molecule has 0 saturated heterocycles. The summed E-state index contributed by atoms with van der Waals surface area (Å²) >= 11 is 0. The Hall–Kier alpha value is -1.32. The number of anilines is 2. The highest BCUT2D eigenvalue weighted by molar-refractivity contribution is 5.51. The highest BCUT2D eigenvalue weighted by Gasteiger charge is 2.31. The van der Waals surface area contributed by atoms with Gasteiger partial charge in [-0.3, -0.25) is 0 Å². The maximum Gasteiger partial charge on any atom is 0.135 e. The van der Waals surface area contributed by atoms with E-state index >= 15 is 0 Å². The van der Waals surface area contributed by atoms with E-state index in [1.54, 1.807) is 0 Å².